The second kappa shape index (κ2) is 6.32. The number of hydrogen-bond donors (Lipinski definition) is 0. The lowest BCUT2D eigenvalue weighted by Crippen LogP contribution is -2.25. The molecular weight excluding hydrogens is 326 g/mol. The van der Waals surface area contributed by atoms with Gasteiger partial charge in [-0.05, 0) is 53.6 Å². The summed E-state index contributed by atoms with van der Waals surface area (Å²) in [5, 5.41) is 10.4. The molecule has 114 valence electrons. The van der Waals surface area contributed by atoms with Crippen molar-refractivity contribution in [3.63, 3.8) is 0 Å². The lowest BCUT2D eigenvalue weighted by Gasteiger charge is -2.17. The molecule has 0 unspecified atom stereocenters. The van der Waals surface area contributed by atoms with Gasteiger partial charge in [-0.2, -0.15) is 9.64 Å². The minimum Gasteiger partial charge on any atom is -0.431 e. The van der Waals surface area contributed by atoms with E-state index in [1.54, 1.807) is 17.0 Å². The summed E-state index contributed by atoms with van der Waals surface area (Å²) in [6, 6.07) is 13.4. The van der Waals surface area contributed by atoms with Gasteiger partial charge in [-0.1, -0.05) is 12.1 Å². The second-order valence-electron chi connectivity index (χ2n) is 5.13. The normalized spacial score (nSPS) is 10.3. The standard InChI is InChI=1S/C17H13N3OS2/c1-20(2)17(22)21-14-8-7-13-10-19-23-16(13)15(14)12-5-3-11(9-18)4-6-12/h3-8,10H,1-2H3. The molecule has 0 spiro atoms. The Bertz CT molecular complexity index is 908. The van der Waals surface area contributed by atoms with Crippen LogP contribution in [0.4, 0.5) is 0 Å². The molecule has 1 heterocycles. The molecule has 2 aromatic carbocycles. The Morgan fingerprint density at radius 3 is 2.61 bits per heavy atom. The van der Waals surface area contributed by atoms with Gasteiger partial charge in [-0.3, -0.25) is 0 Å². The van der Waals surface area contributed by atoms with Crippen molar-refractivity contribution in [1.82, 2.24) is 9.27 Å². The molecule has 1 aromatic heterocycles. The maximum atomic E-state index is 8.97. The highest BCUT2D eigenvalue weighted by Gasteiger charge is 2.15. The number of ether oxygens (including phenoxy) is 1. The van der Waals surface area contributed by atoms with Crippen molar-refractivity contribution in [2.45, 2.75) is 0 Å². The summed E-state index contributed by atoms with van der Waals surface area (Å²) in [7, 11) is 3.68. The zero-order valence-electron chi connectivity index (χ0n) is 12.6. The fourth-order valence-corrected chi connectivity index (χ4v) is 3.07. The van der Waals surface area contributed by atoms with Crippen molar-refractivity contribution < 1.29 is 4.74 Å². The van der Waals surface area contributed by atoms with Crippen molar-refractivity contribution in [3.8, 4) is 22.9 Å². The fourth-order valence-electron chi connectivity index (χ4n) is 2.17. The largest absolute Gasteiger partial charge is 0.431 e. The third kappa shape index (κ3) is 3.02. The first-order chi connectivity index (χ1) is 11.1. The highest BCUT2D eigenvalue weighted by molar-refractivity contribution is 7.80. The first-order valence-electron chi connectivity index (χ1n) is 6.87. The molecule has 0 fully saturated rings. The van der Waals surface area contributed by atoms with Gasteiger partial charge in [0.1, 0.15) is 5.75 Å². The molecular formula is C17H13N3OS2. The lowest BCUT2D eigenvalue weighted by atomic mass is 10.0. The molecule has 0 amide bonds. The summed E-state index contributed by atoms with van der Waals surface area (Å²) in [6.07, 6.45) is 1.83. The number of fused-ring (bicyclic) bond motifs is 1. The van der Waals surface area contributed by atoms with E-state index in [9.17, 15) is 0 Å². The van der Waals surface area contributed by atoms with Gasteiger partial charge >= 0.3 is 0 Å². The van der Waals surface area contributed by atoms with E-state index in [1.165, 1.54) is 11.5 Å². The third-order valence-corrected chi connectivity index (χ3v) is 4.63. The maximum Gasteiger partial charge on any atom is 0.264 e. The number of nitrogens with zero attached hydrogens (tertiary/aromatic N) is 3. The number of benzene rings is 2. The van der Waals surface area contributed by atoms with Gasteiger partial charge in [0.15, 0.2) is 0 Å². The van der Waals surface area contributed by atoms with Gasteiger partial charge in [-0.15, -0.1) is 0 Å². The number of rotatable bonds is 2. The molecule has 6 heteroatoms. The van der Waals surface area contributed by atoms with Crippen LogP contribution in [-0.4, -0.2) is 28.5 Å². The smallest absolute Gasteiger partial charge is 0.264 e. The predicted molar refractivity (Wildman–Crippen MR) is 96.7 cm³/mol. The Kier molecular flexibility index (Phi) is 4.24. The highest BCUT2D eigenvalue weighted by atomic mass is 32.1. The molecule has 0 N–H and O–H groups in total. The third-order valence-electron chi connectivity index (χ3n) is 3.35. The van der Waals surface area contributed by atoms with Crippen LogP contribution in [-0.2, 0) is 0 Å². The number of aromatic nitrogens is 1. The fraction of sp³-hybridized carbons (Fsp3) is 0.118. The van der Waals surface area contributed by atoms with E-state index in [0.29, 0.717) is 16.5 Å². The van der Waals surface area contributed by atoms with Crippen molar-refractivity contribution >= 4 is 39.0 Å². The minimum atomic E-state index is 0.392. The van der Waals surface area contributed by atoms with Gasteiger partial charge in [0.05, 0.1) is 16.3 Å². The van der Waals surface area contributed by atoms with Gasteiger partial charge in [0.25, 0.3) is 5.17 Å². The minimum absolute atomic E-state index is 0.392. The van der Waals surface area contributed by atoms with E-state index >= 15 is 0 Å². The summed E-state index contributed by atoms with van der Waals surface area (Å²) in [5.41, 5.74) is 2.53. The van der Waals surface area contributed by atoms with E-state index in [1.807, 2.05) is 44.6 Å². The van der Waals surface area contributed by atoms with Gasteiger partial charge < -0.3 is 9.64 Å². The van der Waals surface area contributed by atoms with E-state index in [0.717, 1.165) is 21.2 Å². The summed E-state index contributed by atoms with van der Waals surface area (Å²) >= 11 is 6.68. The van der Waals surface area contributed by atoms with Crippen molar-refractivity contribution in [3.05, 3.63) is 48.2 Å². The Labute approximate surface area is 143 Å². The SMILES string of the molecule is CN(C)C(=S)Oc1ccc2cnsc2c1-c1ccc(C#N)cc1. The van der Waals surface area contributed by atoms with Crippen molar-refractivity contribution in [2.75, 3.05) is 14.1 Å². The summed E-state index contributed by atoms with van der Waals surface area (Å²) < 4.78 is 11.2. The van der Waals surface area contributed by atoms with Crippen LogP contribution in [0.25, 0.3) is 21.2 Å². The molecule has 0 aliphatic heterocycles. The van der Waals surface area contributed by atoms with Gasteiger partial charge in [0, 0.05) is 31.2 Å². The molecule has 0 aliphatic rings. The monoisotopic (exact) mass is 339 g/mol. The Balaban J connectivity index is 2.16. The van der Waals surface area contributed by atoms with E-state index < -0.39 is 0 Å². The lowest BCUT2D eigenvalue weighted by molar-refractivity contribution is 0.451. The van der Waals surface area contributed by atoms with Gasteiger partial charge in [0.2, 0.25) is 0 Å². The van der Waals surface area contributed by atoms with Crippen LogP contribution < -0.4 is 4.74 Å². The molecule has 0 aliphatic carbocycles. The van der Waals surface area contributed by atoms with Crippen LogP contribution >= 0.6 is 23.8 Å². The molecule has 0 bridgehead atoms. The molecule has 0 saturated carbocycles. The van der Waals surface area contributed by atoms with Crippen LogP contribution in [0.2, 0.25) is 0 Å². The van der Waals surface area contributed by atoms with Crippen molar-refractivity contribution in [2.24, 2.45) is 0 Å². The van der Waals surface area contributed by atoms with Crippen molar-refractivity contribution in [1.29, 1.82) is 5.26 Å². The Hall–Kier alpha value is -2.49. The molecule has 4 nitrogen and oxygen atoms in total. The van der Waals surface area contributed by atoms with E-state index in [4.69, 9.17) is 22.2 Å². The maximum absolute atomic E-state index is 8.97. The first-order valence-corrected chi connectivity index (χ1v) is 8.05. The zero-order chi connectivity index (χ0) is 16.4. The average molecular weight is 339 g/mol. The highest BCUT2D eigenvalue weighted by Crippen LogP contribution is 2.39. The second-order valence-corrected chi connectivity index (χ2v) is 6.29. The number of hydrogen-bond acceptors (Lipinski definition) is 5. The zero-order valence-corrected chi connectivity index (χ0v) is 14.2. The topological polar surface area (TPSA) is 49.1 Å². The summed E-state index contributed by atoms with van der Waals surface area (Å²) in [6.45, 7) is 0. The van der Waals surface area contributed by atoms with Crippen LogP contribution in [0.3, 0.4) is 0 Å². The van der Waals surface area contributed by atoms with Crippen LogP contribution in [0.5, 0.6) is 5.75 Å². The predicted octanol–water partition coefficient (Wildman–Crippen LogP) is 4.06. The van der Waals surface area contributed by atoms with E-state index in [-0.39, 0.29) is 0 Å². The Morgan fingerprint density at radius 1 is 1.22 bits per heavy atom. The summed E-state index contributed by atoms with van der Waals surface area (Å²) in [4.78, 5) is 1.74. The first kappa shape index (κ1) is 15.4. The molecule has 0 radical (unpaired) electrons. The van der Waals surface area contributed by atoms with E-state index in [2.05, 4.69) is 10.4 Å². The Morgan fingerprint density at radius 2 is 1.96 bits per heavy atom. The quantitative estimate of drug-likeness (QED) is 0.659. The number of nitriles is 1. The molecule has 3 aromatic rings. The van der Waals surface area contributed by atoms with Crippen LogP contribution in [0.1, 0.15) is 5.56 Å². The van der Waals surface area contributed by atoms with Crippen LogP contribution in [0.15, 0.2) is 42.6 Å². The van der Waals surface area contributed by atoms with Gasteiger partial charge in [-0.25, -0.2) is 0 Å². The molecule has 3 rings (SSSR count). The summed E-state index contributed by atoms with van der Waals surface area (Å²) in [5.74, 6) is 0.685. The molecule has 0 saturated heterocycles. The number of thiocarbonyl (C=S) groups is 1. The van der Waals surface area contributed by atoms with Crippen LogP contribution in [0, 0.1) is 11.3 Å². The molecule has 0 atom stereocenters. The molecule has 23 heavy (non-hydrogen) atoms. The average Bonchev–Trinajstić information content (AvgIpc) is 3.03.